The predicted octanol–water partition coefficient (Wildman–Crippen LogP) is 3.32. The molecule has 1 N–H and O–H groups in total. The van der Waals surface area contributed by atoms with E-state index in [4.69, 9.17) is 11.6 Å². The molecule has 7 heteroatoms. The van der Waals surface area contributed by atoms with Crippen LogP contribution in [-0.4, -0.2) is 20.2 Å². The number of hydrogen-bond acceptors (Lipinski definition) is 4. The summed E-state index contributed by atoms with van der Waals surface area (Å²) in [6.07, 6.45) is 1.80. The Kier molecular flexibility index (Phi) is 4.29. The smallest absolute Gasteiger partial charge is 0.288 e. The lowest BCUT2D eigenvalue weighted by Gasteiger charge is -2.19. The summed E-state index contributed by atoms with van der Waals surface area (Å²) in [5, 5.41) is 18.6. The van der Waals surface area contributed by atoms with Crippen molar-refractivity contribution in [2.45, 2.75) is 32.9 Å². The summed E-state index contributed by atoms with van der Waals surface area (Å²) in [6.45, 7) is 6.90. The zero-order valence-electron chi connectivity index (χ0n) is 12.1. The normalized spacial score (nSPS) is 11.6. The topological polar surface area (TPSA) is 73.0 Å². The molecule has 0 amide bonds. The van der Waals surface area contributed by atoms with Gasteiger partial charge in [-0.1, -0.05) is 11.6 Å². The second kappa shape index (κ2) is 5.83. The van der Waals surface area contributed by atoms with E-state index >= 15 is 0 Å². The molecule has 0 radical (unpaired) electrons. The number of nitro benzene ring substituents is 1. The van der Waals surface area contributed by atoms with Crippen LogP contribution in [-0.2, 0) is 6.54 Å². The van der Waals surface area contributed by atoms with Crippen molar-refractivity contribution in [2.75, 3.05) is 0 Å². The van der Waals surface area contributed by atoms with Crippen LogP contribution in [0.4, 0.5) is 5.69 Å². The Bertz CT molecular complexity index is 661. The third-order valence-corrected chi connectivity index (χ3v) is 3.14. The first-order chi connectivity index (χ1) is 9.76. The van der Waals surface area contributed by atoms with E-state index in [0.29, 0.717) is 12.2 Å². The molecule has 0 bridgehead atoms. The number of aromatic nitrogens is 2. The Morgan fingerprint density at radius 1 is 1.38 bits per heavy atom. The fraction of sp³-hybridized carbons (Fsp3) is 0.357. The molecule has 0 aliphatic rings. The molecule has 0 aliphatic carbocycles. The molecule has 1 heterocycles. The van der Waals surface area contributed by atoms with E-state index in [0.717, 1.165) is 5.69 Å². The highest BCUT2D eigenvalue weighted by molar-refractivity contribution is 6.32. The molecule has 0 aliphatic heterocycles. The standard InChI is InChI=1S/C14H17ClN4O2/c1-14(2,3)16-9-10-6-7-18(17-10)11-4-5-13(19(20)21)12(15)8-11/h4-8,16H,9H2,1-3H3. The van der Waals surface area contributed by atoms with E-state index in [9.17, 15) is 10.1 Å². The number of nitro groups is 1. The average molecular weight is 309 g/mol. The summed E-state index contributed by atoms with van der Waals surface area (Å²) in [4.78, 5) is 10.2. The molecule has 2 rings (SSSR count). The first-order valence-electron chi connectivity index (χ1n) is 6.50. The van der Waals surface area contributed by atoms with Gasteiger partial charge in [-0.3, -0.25) is 10.1 Å². The highest BCUT2D eigenvalue weighted by Gasteiger charge is 2.14. The van der Waals surface area contributed by atoms with Crippen LogP contribution in [0.2, 0.25) is 5.02 Å². The molecule has 2 aromatic rings. The van der Waals surface area contributed by atoms with Crippen molar-refractivity contribution in [1.82, 2.24) is 15.1 Å². The third kappa shape index (κ3) is 4.03. The van der Waals surface area contributed by atoms with Crippen molar-refractivity contribution >= 4 is 17.3 Å². The minimum atomic E-state index is -0.506. The predicted molar refractivity (Wildman–Crippen MR) is 81.8 cm³/mol. The first kappa shape index (κ1) is 15.5. The van der Waals surface area contributed by atoms with Crippen LogP contribution in [0.5, 0.6) is 0 Å². The van der Waals surface area contributed by atoms with Crippen LogP contribution >= 0.6 is 11.6 Å². The van der Waals surface area contributed by atoms with Crippen LogP contribution in [0.3, 0.4) is 0 Å². The van der Waals surface area contributed by atoms with E-state index in [-0.39, 0.29) is 16.2 Å². The van der Waals surface area contributed by atoms with Crippen molar-refractivity contribution in [3.8, 4) is 5.69 Å². The largest absolute Gasteiger partial charge is 0.306 e. The van der Waals surface area contributed by atoms with E-state index in [2.05, 4.69) is 31.2 Å². The first-order valence-corrected chi connectivity index (χ1v) is 6.88. The lowest BCUT2D eigenvalue weighted by molar-refractivity contribution is -0.384. The van der Waals surface area contributed by atoms with Gasteiger partial charge in [-0.25, -0.2) is 4.68 Å². The highest BCUT2D eigenvalue weighted by Crippen LogP contribution is 2.26. The lowest BCUT2D eigenvalue weighted by Crippen LogP contribution is -2.35. The number of hydrogen-bond donors (Lipinski definition) is 1. The zero-order chi connectivity index (χ0) is 15.6. The van der Waals surface area contributed by atoms with Gasteiger partial charge in [0.1, 0.15) is 5.02 Å². The molecule has 0 saturated heterocycles. The molecule has 112 valence electrons. The number of nitrogens with zero attached hydrogens (tertiary/aromatic N) is 3. The Labute approximate surface area is 127 Å². The molecular weight excluding hydrogens is 292 g/mol. The van der Waals surface area contributed by atoms with Crippen LogP contribution < -0.4 is 5.32 Å². The number of benzene rings is 1. The number of rotatable bonds is 4. The van der Waals surface area contributed by atoms with E-state index < -0.39 is 4.92 Å². The lowest BCUT2D eigenvalue weighted by atomic mass is 10.1. The van der Waals surface area contributed by atoms with Crippen LogP contribution in [0.15, 0.2) is 30.5 Å². The Balaban J connectivity index is 2.18. The fourth-order valence-corrected chi connectivity index (χ4v) is 1.99. The maximum Gasteiger partial charge on any atom is 0.288 e. The maximum atomic E-state index is 10.7. The van der Waals surface area contributed by atoms with Gasteiger partial charge in [0.05, 0.1) is 16.3 Å². The van der Waals surface area contributed by atoms with Gasteiger partial charge in [-0.2, -0.15) is 5.10 Å². The average Bonchev–Trinajstić information content (AvgIpc) is 2.83. The van der Waals surface area contributed by atoms with Gasteiger partial charge in [0, 0.05) is 24.3 Å². The molecule has 0 unspecified atom stereocenters. The third-order valence-electron chi connectivity index (χ3n) is 2.84. The minimum Gasteiger partial charge on any atom is -0.306 e. The molecule has 0 atom stereocenters. The second-order valence-electron chi connectivity index (χ2n) is 5.75. The van der Waals surface area contributed by atoms with Crippen molar-refractivity contribution in [3.63, 3.8) is 0 Å². The van der Waals surface area contributed by atoms with Crippen molar-refractivity contribution in [2.24, 2.45) is 0 Å². The quantitative estimate of drug-likeness (QED) is 0.694. The zero-order valence-corrected chi connectivity index (χ0v) is 12.9. The summed E-state index contributed by atoms with van der Waals surface area (Å²) >= 11 is 5.91. The van der Waals surface area contributed by atoms with Gasteiger partial charge in [0.15, 0.2) is 0 Å². The highest BCUT2D eigenvalue weighted by atomic mass is 35.5. The SMILES string of the molecule is CC(C)(C)NCc1ccn(-c2ccc([N+](=O)[O-])c(Cl)c2)n1. The number of halogens is 1. The molecule has 6 nitrogen and oxygen atoms in total. The number of nitrogens with one attached hydrogen (secondary N) is 1. The van der Waals surface area contributed by atoms with Crippen molar-refractivity contribution < 1.29 is 4.92 Å². The summed E-state index contributed by atoms with van der Waals surface area (Å²) in [5.41, 5.74) is 1.48. The van der Waals surface area contributed by atoms with Crippen LogP contribution in [0.25, 0.3) is 5.69 Å². The molecule has 0 saturated carbocycles. The van der Waals surface area contributed by atoms with Gasteiger partial charge in [-0.15, -0.1) is 0 Å². The van der Waals surface area contributed by atoms with Gasteiger partial charge < -0.3 is 5.32 Å². The molecule has 1 aromatic carbocycles. The summed E-state index contributed by atoms with van der Waals surface area (Å²) in [5.74, 6) is 0. The maximum absolute atomic E-state index is 10.7. The Morgan fingerprint density at radius 2 is 2.10 bits per heavy atom. The van der Waals surface area contributed by atoms with E-state index in [1.165, 1.54) is 12.1 Å². The van der Waals surface area contributed by atoms with Crippen LogP contribution in [0.1, 0.15) is 26.5 Å². The van der Waals surface area contributed by atoms with Gasteiger partial charge in [0.25, 0.3) is 5.69 Å². The minimum absolute atomic E-state index is 0.0143. The van der Waals surface area contributed by atoms with E-state index in [1.807, 2.05) is 6.07 Å². The summed E-state index contributed by atoms with van der Waals surface area (Å²) in [7, 11) is 0. The summed E-state index contributed by atoms with van der Waals surface area (Å²) < 4.78 is 1.65. The van der Waals surface area contributed by atoms with Gasteiger partial charge >= 0.3 is 0 Å². The molecule has 1 aromatic heterocycles. The molecular formula is C14H17ClN4O2. The van der Waals surface area contributed by atoms with Gasteiger partial charge in [-0.05, 0) is 39.0 Å². The molecule has 21 heavy (non-hydrogen) atoms. The fourth-order valence-electron chi connectivity index (χ4n) is 1.74. The van der Waals surface area contributed by atoms with E-state index in [1.54, 1.807) is 16.9 Å². The second-order valence-corrected chi connectivity index (χ2v) is 6.16. The Morgan fingerprint density at radius 3 is 2.67 bits per heavy atom. The van der Waals surface area contributed by atoms with Gasteiger partial charge in [0.2, 0.25) is 0 Å². The molecule has 0 fully saturated rings. The Hall–Kier alpha value is -1.92. The monoisotopic (exact) mass is 308 g/mol. The van der Waals surface area contributed by atoms with Crippen LogP contribution in [0, 0.1) is 10.1 Å². The van der Waals surface area contributed by atoms with Crippen molar-refractivity contribution in [3.05, 3.63) is 51.3 Å². The summed E-state index contributed by atoms with van der Waals surface area (Å²) in [6, 6.07) is 6.44. The molecule has 0 spiro atoms. The van der Waals surface area contributed by atoms with Crippen molar-refractivity contribution in [1.29, 1.82) is 0 Å².